The lowest BCUT2D eigenvalue weighted by Gasteiger charge is -2.29. The lowest BCUT2D eigenvalue weighted by atomic mass is 10.0. The first-order chi connectivity index (χ1) is 25.5. The molecule has 2 N–H and O–H groups in total. The molecule has 3 unspecified atom stereocenters. The third-order valence-corrected chi connectivity index (χ3v) is 10.6. The van der Waals surface area contributed by atoms with Crippen molar-refractivity contribution in [3.8, 4) is 0 Å². The Morgan fingerprint density at radius 1 is 0.660 bits per heavy atom. The third kappa shape index (κ3) is 38.8. The van der Waals surface area contributed by atoms with Crippen LogP contribution >= 0.6 is 7.82 Å². The highest BCUT2D eigenvalue weighted by atomic mass is 31.2. The highest BCUT2D eigenvalue weighted by Gasteiger charge is 2.23. The smallest absolute Gasteiger partial charge is 0.268 e. The molecule has 312 valence electrons. The zero-order chi connectivity index (χ0) is 39.3. The van der Waals surface area contributed by atoms with Crippen molar-refractivity contribution in [1.82, 2.24) is 5.32 Å². The fourth-order valence-electron chi connectivity index (χ4n) is 6.06. The molecule has 8 nitrogen and oxygen atoms in total. The van der Waals surface area contributed by atoms with Gasteiger partial charge in [-0.15, -0.1) is 0 Å². The summed E-state index contributed by atoms with van der Waals surface area (Å²) >= 11 is 0. The molecule has 9 heteroatoms. The van der Waals surface area contributed by atoms with Gasteiger partial charge >= 0.3 is 0 Å². The molecular formula is C44H85N2O6P. The average Bonchev–Trinajstić information content (AvgIpc) is 3.10. The van der Waals surface area contributed by atoms with Gasteiger partial charge in [-0.05, 0) is 51.4 Å². The molecule has 0 aromatic heterocycles. The van der Waals surface area contributed by atoms with Crippen molar-refractivity contribution in [3.63, 3.8) is 0 Å². The Morgan fingerprint density at radius 3 is 1.60 bits per heavy atom. The van der Waals surface area contributed by atoms with E-state index in [1.54, 1.807) is 6.08 Å². The number of amides is 1. The van der Waals surface area contributed by atoms with E-state index < -0.39 is 20.0 Å². The van der Waals surface area contributed by atoms with Crippen LogP contribution in [0.5, 0.6) is 0 Å². The van der Waals surface area contributed by atoms with E-state index in [1.165, 1.54) is 122 Å². The summed E-state index contributed by atoms with van der Waals surface area (Å²) in [5, 5.41) is 13.7. The fraction of sp³-hybridized carbons (Fsp3) is 0.841. The zero-order valence-electron chi connectivity index (χ0n) is 35.2. The van der Waals surface area contributed by atoms with Crippen molar-refractivity contribution < 1.29 is 32.9 Å². The number of nitrogens with zero attached hydrogens (tertiary/aromatic N) is 1. The second-order valence-electron chi connectivity index (χ2n) is 16.0. The molecule has 0 spiro atoms. The Labute approximate surface area is 327 Å². The van der Waals surface area contributed by atoms with Crippen molar-refractivity contribution in [1.29, 1.82) is 0 Å². The van der Waals surface area contributed by atoms with Crippen LogP contribution < -0.4 is 10.2 Å². The number of hydrogen-bond donors (Lipinski definition) is 2. The number of aliphatic hydroxyl groups is 1. The summed E-state index contributed by atoms with van der Waals surface area (Å²) in [6, 6.07) is -0.886. The molecule has 0 aromatic carbocycles. The summed E-state index contributed by atoms with van der Waals surface area (Å²) in [5.41, 5.74) is 0. The number of phosphoric ester groups is 1. The normalized spacial score (nSPS) is 14.8. The van der Waals surface area contributed by atoms with Gasteiger partial charge in [-0.25, -0.2) is 0 Å². The van der Waals surface area contributed by atoms with E-state index in [0.717, 1.165) is 44.9 Å². The van der Waals surface area contributed by atoms with Crippen LogP contribution in [-0.2, 0) is 18.4 Å². The van der Waals surface area contributed by atoms with Gasteiger partial charge in [0.1, 0.15) is 13.2 Å². The van der Waals surface area contributed by atoms with E-state index in [-0.39, 0.29) is 19.1 Å². The van der Waals surface area contributed by atoms with Crippen molar-refractivity contribution >= 4 is 13.7 Å². The first kappa shape index (κ1) is 51.7. The van der Waals surface area contributed by atoms with Crippen LogP contribution in [0, 0.1) is 0 Å². The van der Waals surface area contributed by atoms with E-state index in [4.69, 9.17) is 9.05 Å². The van der Waals surface area contributed by atoms with Crippen molar-refractivity contribution in [2.24, 2.45) is 0 Å². The topological polar surface area (TPSA) is 108 Å². The molecule has 0 saturated carbocycles. The van der Waals surface area contributed by atoms with Crippen LogP contribution in [0.15, 0.2) is 36.5 Å². The van der Waals surface area contributed by atoms with Gasteiger partial charge in [0.2, 0.25) is 5.91 Å². The Morgan fingerprint density at radius 2 is 1.09 bits per heavy atom. The predicted octanol–water partition coefficient (Wildman–Crippen LogP) is 11.3. The molecule has 3 atom stereocenters. The van der Waals surface area contributed by atoms with Crippen LogP contribution in [0.1, 0.15) is 187 Å². The summed E-state index contributed by atoms with van der Waals surface area (Å²) in [6.07, 6.45) is 43.2. The van der Waals surface area contributed by atoms with Gasteiger partial charge in [0.15, 0.2) is 0 Å². The largest absolute Gasteiger partial charge is 0.756 e. The minimum absolute atomic E-state index is 0.00220. The second kappa shape index (κ2) is 36.4. The summed E-state index contributed by atoms with van der Waals surface area (Å²) < 4.78 is 23.2. The van der Waals surface area contributed by atoms with Gasteiger partial charge in [0, 0.05) is 6.42 Å². The summed E-state index contributed by atoms with van der Waals surface area (Å²) in [6.45, 7) is 4.60. The minimum atomic E-state index is -4.58. The maximum absolute atomic E-state index is 12.8. The maximum atomic E-state index is 12.8. The molecule has 0 aliphatic rings. The summed E-state index contributed by atoms with van der Waals surface area (Å²) in [5.74, 6) is -0.204. The predicted molar refractivity (Wildman–Crippen MR) is 224 cm³/mol. The Kier molecular flexibility index (Phi) is 35.5. The van der Waals surface area contributed by atoms with Crippen LogP contribution in [0.2, 0.25) is 0 Å². The summed E-state index contributed by atoms with van der Waals surface area (Å²) in [7, 11) is 1.25. The number of rotatable bonds is 39. The highest BCUT2D eigenvalue weighted by Crippen LogP contribution is 2.38. The van der Waals surface area contributed by atoms with Gasteiger partial charge < -0.3 is 28.8 Å². The number of carbonyl (C=O) groups excluding carboxylic acids is 1. The lowest BCUT2D eigenvalue weighted by molar-refractivity contribution is -0.870. The number of hydrogen-bond acceptors (Lipinski definition) is 6. The van der Waals surface area contributed by atoms with E-state index in [0.29, 0.717) is 17.4 Å². The fourth-order valence-corrected chi connectivity index (χ4v) is 6.79. The first-order valence-corrected chi connectivity index (χ1v) is 23.3. The third-order valence-electron chi connectivity index (χ3n) is 9.59. The van der Waals surface area contributed by atoms with Crippen LogP contribution in [0.4, 0.5) is 0 Å². The van der Waals surface area contributed by atoms with E-state index in [9.17, 15) is 19.4 Å². The molecule has 0 bridgehead atoms. The average molecular weight is 769 g/mol. The van der Waals surface area contributed by atoms with Crippen molar-refractivity contribution in [3.05, 3.63) is 36.5 Å². The lowest BCUT2D eigenvalue weighted by Crippen LogP contribution is -2.45. The number of quaternary nitrogens is 1. The standard InChI is InChI=1S/C44H85N2O6P/c1-6-8-10-12-14-16-18-20-21-22-23-24-25-26-28-30-32-34-36-38-44(48)45-42(41-52-53(49,50)51-40-39-46(3,4)5)43(47)37-35-33-31-29-27-19-17-15-13-11-9-7-2/h14,16,20-21,35,37,42-43,47H,6-13,15,17-19,22-34,36,38-41H2,1-5H3,(H-,45,48,49,50)/b16-14-,21-20-,37-35+. The minimum Gasteiger partial charge on any atom is -0.756 e. The van der Waals surface area contributed by atoms with E-state index in [1.807, 2.05) is 27.2 Å². The molecule has 0 saturated heterocycles. The van der Waals surface area contributed by atoms with Gasteiger partial charge in [-0.3, -0.25) is 9.36 Å². The van der Waals surface area contributed by atoms with Gasteiger partial charge in [0.05, 0.1) is 39.9 Å². The van der Waals surface area contributed by atoms with Gasteiger partial charge in [-0.2, -0.15) is 0 Å². The molecule has 0 aliphatic heterocycles. The number of carbonyl (C=O) groups is 1. The number of phosphoric acid groups is 1. The van der Waals surface area contributed by atoms with Crippen LogP contribution in [0.25, 0.3) is 0 Å². The SMILES string of the molecule is CCCCC/C=C\C/C=C\CCCCCCCCCCCC(=O)NC(COP(=O)([O-])OCC[N+](C)(C)C)C(O)/C=C/CCCCCCCCCCCC. The number of likely N-dealkylation sites (N-methyl/N-ethyl adjacent to an activating group) is 1. The zero-order valence-corrected chi connectivity index (χ0v) is 36.1. The van der Waals surface area contributed by atoms with Crippen LogP contribution in [-0.4, -0.2) is 68.5 Å². The highest BCUT2D eigenvalue weighted by molar-refractivity contribution is 7.45. The molecule has 0 rings (SSSR count). The molecule has 0 radical (unpaired) electrons. The molecule has 53 heavy (non-hydrogen) atoms. The van der Waals surface area contributed by atoms with Crippen molar-refractivity contribution in [2.75, 3.05) is 40.9 Å². The molecule has 0 aliphatic carbocycles. The quantitative estimate of drug-likeness (QED) is 0.0279. The van der Waals surface area contributed by atoms with Gasteiger partial charge in [0.25, 0.3) is 7.82 Å². The number of nitrogens with one attached hydrogen (secondary N) is 1. The Hall–Kier alpha value is -1.28. The molecule has 0 fully saturated rings. The number of allylic oxidation sites excluding steroid dienone is 5. The molecule has 1 amide bonds. The molecule has 0 heterocycles. The number of aliphatic hydroxyl groups excluding tert-OH is 1. The second-order valence-corrected chi connectivity index (χ2v) is 17.5. The Bertz CT molecular complexity index is 964. The van der Waals surface area contributed by atoms with E-state index in [2.05, 4.69) is 43.5 Å². The molecule has 0 aromatic rings. The first-order valence-electron chi connectivity index (χ1n) is 21.9. The van der Waals surface area contributed by atoms with E-state index >= 15 is 0 Å². The Balaban J connectivity index is 4.39. The summed E-state index contributed by atoms with van der Waals surface area (Å²) in [4.78, 5) is 25.3. The molecular weight excluding hydrogens is 683 g/mol. The maximum Gasteiger partial charge on any atom is 0.268 e. The van der Waals surface area contributed by atoms with Gasteiger partial charge in [-0.1, -0.05) is 166 Å². The number of unbranched alkanes of at least 4 members (excludes halogenated alkanes) is 22. The van der Waals surface area contributed by atoms with Crippen LogP contribution in [0.3, 0.4) is 0 Å². The monoisotopic (exact) mass is 769 g/mol. The van der Waals surface area contributed by atoms with Crippen molar-refractivity contribution in [2.45, 2.75) is 199 Å².